The molecule has 108 valence electrons. The number of nitrogens with one attached hydrogen (secondary N) is 1. The summed E-state index contributed by atoms with van der Waals surface area (Å²) in [5.74, 6) is 2.45. The highest BCUT2D eigenvalue weighted by atomic mass is 16.5. The Morgan fingerprint density at radius 2 is 2.20 bits per heavy atom. The summed E-state index contributed by atoms with van der Waals surface area (Å²) in [6.07, 6.45) is 6.27. The van der Waals surface area contributed by atoms with Crippen molar-refractivity contribution in [2.75, 3.05) is 13.1 Å². The molecule has 1 aliphatic rings. The molecule has 2 aromatic rings. The second kappa shape index (κ2) is 5.75. The molecule has 0 bridgehead atoms. The van der Waals surface area contributed by atoms with Crippen LogP contribution in [0.3, 0.4) is 0 Å². The standard InChI is InChI=1S/C14H21N5O/c1-10(2)14-17-13(18-20-14)9-19-5-3-11(4-6-19)12-7-15-16-8-12/h7-8,10-11H,3-6,9H2,1-2H3,(H,15,16). The summed E-state index contributed by atoms with van der Waals surface area (Å²) in [5.41, 5.74) is 1.33. The molecular weight excluding hydrogens is 254 g/mol. The molecule has 0 aromatic carbocycles. The SMILES string of the molecule is CC(C)c1nc(CN2CCC(c3cn[nH]c3)CC2)no1. The Kier molecular flexibility index (Phi) is 3.82. The van der Waals surface area contributed by atoms with Crippen molar-refractivity contribution in [3.05, 3.63) is 29.7 Å². The van der Waals surface area contributed by atoms with Crippen molar-refractivity contribution in [2.45, 2.75) is 45.1 Å². The third kappa shape index (κ3) is 2.90. The van der Waals surface area contributed by atoms with E-state index in [0.29, 0.717) is 11.8 Å². The van der Waals surface area contributed by atoms with E-state index in [1.807, 2.05) is 12.4 Å². The van der Waals surface area contributed by atoms with Gasteiger partial charge in [0.05, 0.1) is 12.7 Å². The molecular formula is C14H21N5O. The zero-order valence-electron chi connectivity index (χ0n) is 12.0. The lowest BCUT2D eigenvalue weighted by molar-refractivity contribution is 0.198. The lowest BCUT2D eigenvalue weighted by Gasteiger charge is -2.30. The van der Waals surface area contributed by atoms with Gasteiger partial charge in [-0.1, -0.05) is 19.0 Å². The van der Waals surface area contributed by atoms with E-state index in [1.54, 1.807) is 0 Å². The molecule has 0 spiro atoms. The second-order valence-electron chi connectivity index (χ2n) is 5.79. The molecule has 6 nitrogen and oxygen atoms in total. The zero-order valence-corrected chi connectivity index (χ0v) is 12.0. The molecule has 0 saturated carbocycles. The molecule has 1 fully saturated rings. The number of piperidine rings is 1. The average molecular weight is 275 g/mol. The maximum Gasteiger partial charge on any atom is 0.229 e. The molecule has 0 aliphatic carbocycles. The minimum absolute atomic E-state index is 0.295. The van der Waals surface area contributed by atoms with Crippen molar-refractivity contribution in [1.82, 2.24) is 25.2 Å². The molecule has 6 heteroatoms. The summed E-state index contributed by atoms with van der Waals surface area (Å²) in [5, 5.41) is 11.0. The molecule has 0 unspecified atom stereocenters. The van der Waals surface area contributed by atoms with Gasteiger partial charge in [-0.2, -0.15) is 10.1 Å². The van der Waals surface area contributed by atoms with E-state index in [1.165, 1.54) is 5.56 Å². The molecule has 1 saturated heterocycles. The molecule has 2 aromatic heterocycles. The van der Waals surface area contributed by atoms with Crippen LogP contribution in [0, 0.1) is 0 Å². The van der Waals surface area contributed by atoms with Crippen molar-refractivity contribution < 1.29 is 4.52 Å². The Bertz CT molecular complexity index is 526. The van der Waals surface area contributed by atoms with Gasteiger partial charge in [0, 0.05) is 12.1 Å². The Labute approximate surface area is 118 Å². The quantitative estimate of drug-likeness (QED) is 0.927. The van der Waals surface area contributed by atoms with Crippen LogP contribution < -0.4 is 0 Å². The molecule has 3 heterocycles. The van der Waals surface area contributed by atoms with Gasteiger partial charge in [-0.15, -0.1) is 0 Å². The van der Waals surface area contributed by atoms with Gasteiger partial charge in [0.15, 0.2) is 5.82 Å². The van der Waals surface area contributed by atoms with Crippen LogP contribution in [-0.4, -0.2) is 38.3 Å². The smallest absolute Gasteiger partial charge is 0.229 e. The summed E-state index contributed by atoms with van der Waals surface area (Å²) in [7, 11) is 0. The lowest BCUT2D eigenvalue weighted by atomic mass is 9.92. The molecule has 0 atom stereocenters. The molecule has 1 aliphatic heterocycles. The van der Waals surface area contributed by atoms with Crippen LogP contribution in [0.5, 0.6) is 0 Å². The number of nitrogens with zero attached hydrogens (tertiary/aromatic N) is 4. The summed E-state index contributed by atoms with van der Waals surface area (Å²) in [6.45, 7) is 7.05. The molecule has 1 N–H and O–H groups in total. The maximum atomic E-state index is 5.25. The van der Waals surface area contributed by atoms with Gasteiger partial charge in [0.1, 0.15) is 0 Å². The normalized spacial score (nSPS) is 17.9. The Hall–Kier alpha value is -1.69. The van der Waals surface area contributed by atoms with E-state index in [0.717, 1.165) is 44.2 Å². The van der Waals surface area contributed by atoms with Gasteiger partial charge < -0.3 is 4.52 Å². The van der Waals surface area contributed by atoms with Crippen LogP contribution in [0.25, 0.3) is 0 Å². The van der Waals surface area contributed by atoms with Gasteiger partial charge in [-0.05, 0) is 37.4 Å². The van der Waals surface area contributed by atoms with Crippen LogP contribution in [0.1, 0.15) is 55.8 Å². The molecule has 3 rings (SSSR count). The van der Waals surface area contributed by atoms with E-state index >= 15 is 0 Å². The number of hydrogen-bond donors (Lipinski definition) is 1. The first-order chi connectivity index (χ1) is 9.72. The zero-order chi connectivity index (χ0) is 13.9. The minimum Gasteiger partial charge on any atom is -0.339 e. The third-order valence-corrected chi connectivity index (χ3v) is 3.92. The number of rotatable bonds is 4. The number of H-pyrrole nitrogens is 1. The molecule has 0 radical (unpaired) electrons. The van der Waals surface area contributed by atoms with Crippen molar-refractivity contribution >= 4 is 0 Å². The highest BCUT2D eigenvalue weighted by Gasteiger charge is 2.22. The van der Waals surface area contributed by atoms with Crippen molar-refractivity contribution in [3.63, 3.8) is 0 Å². The highest BCUT2D eigenvalue weighted by molar-refractivity contribution is 5.11. The fraction of sp³-hybridized carbons (Fsp3) is 0.643. The van der Waals surface area contributed by atoms with Crippen LogP contribution in [0.4, 0.5) is 0 Å². The van der Waals surface area contributed by atoms with E-state index < -0.39 is 0 Å². The number of aromatic amines is 1. The molecule has 20 heavy (non-hydrogen) atoms. The van der Waals surface area contributed by atoms with Gasteiger partial charge in [0.2, 0.25) is 5.89 Å². The van der Waals surface area contributed by atoms with E-state index in [4.69, 9.17) is 4.52 Å². The van der Waals surface area contributed by atoms with Crippen molar-refractivity contribution in [3.8, 4) is 0 Å². The first-order valence-corrected chi connectivity index (χ1v) is 7.26. The Balaban J connectivity index is 1.53. The van der Waals surface area contributed by atoms with Crippen LogP contribution >= 0.6 is 0 Å². The largest absolute Gasteiger partial charge is 0.339 e. The van der Waals surface area contributed by atoms with Gasteiger partial charge in [-0.3, -0.25) is 10.00 Å². The first-order valence-electron chi connectivity index (χ1n) is 7.26. The molecule has 0 amide bonds. The number of aromatic nitrogens is 4. The number of likely N-dealkylation sites (tertiary alicyclic amines) is 1. The van der Waals surface area contributed by atoms with E-state index in [-0.39, 0.29) is 0 Å². The predicted octanol–water partition coefficient (Wildman–Crippen LogP) is 2.30. The maximum absolute atomic E-state index is 5.25. The van der Waals surface area contributed by atoms with Crippen molar-refractivity contribution in [2.24, 2.45) is 0 Å². The van der Waals surface area contributed by atoms with E-state index in [2.05, 4.69) is 39.1 Å². The van der Waals surface area contributed by atoms with Crippen LogP contribution in [-0.2, 0) is 6.54 Å². The van der Waals surface area contributed by atoms with Gasteiger partial charge in [0.25, 0.3) is 0 Å². The second-order valence-corrected chi connectivity index (χ2v) is 5.79. The van der Waals surface area contributed by atoms with Gasteiger partial charge >= 0.3 is 0 Å². The minimum atomic E-state index is 0.295. The first kappa shape index (κ1) is 13.3. The summed E-state index contributed by atoms with van der Waals surface area (Å²) < 4.78 is 5.25. The Morgan fingerprint density at radius 3 is 2.80 bits per heavy atom. The summed E-state index contributed by atoms with van der Waals surface area (Å²) >= 11 is 0. The monoisotopic (exact) mass is 275 g/mol. The fourth-order valence-electron chi connectivity index (χ4n) is 2.67. The summed E-state index contributed by atoms with van der Waals surface area (Å²) in [4.78, 5) is 6.83. The fourth-order valence-corrected chi connectivity index (χ4v) is 2.67. The van der Waals surface area contributed by atoms with E-state index in [9.17, 15) is 0 Å². The van der Waals surface area contributed by atoms with Crippen LogP contribution in [0.2, 0.25) is 0 Å². The predicted molar refractivity (Wildman–Crippen MR) is 74.2 cm³/mol. The van der Waals surface area contributed by atoms with Crippen molar-refractivity contribution in [1.29, 1.82) is 0 Å². The average Bonchev–Trinajstić information content (AvgIpc) is 3.10. The van der Waals surface area contributed by atoms with Crippen LogP contribution in [0.15, 0.2) is 16.9 Å². The topological polar surface area (TPSA) is 70.8 Å². The Morgan fingerprint density at radius 1 is 1.40 bits per heavy atom. The lowest BCUT2D eigenvalue weighted by Crippen LogP contribution is -2.32. The summed E-state index contributed by atoms with van der Waals surface area (Å²) in [6, 6.07) is 0. The van der Waals surface area contributed by atoms with Gasteiger partial charge in [-0.25, -0.2) is 0 Å². The third-order valence-electron chi connectivity index (χ3n) is 3.92. The number of hydrogen-bond acceptors (Lipinski definition) is 5. The highest BCUT2D eigenvalue weighted by Crippen LogP contribution is 2.27.